The Bertz CT molecular complexity index is 1180. The van der Waals surface area contributed by atoms with E-state index in [2.05, 4.69) is 10.1 Å². The standard InChI is InChI=1S/C23H27N5O4/c1-17-20(18(2)32-24-17)15-25-10-12-26(13-11-25)22(30)16-28-21(29)8-9-27(23(28)31)14-19-6-4-3-5-7-19/h3-9H,10-16H2,1-2H3. The molecule has 1 saturated heterocycles. The summed E-state index contributed by atoms with van der Waals surface area (Å²) in [6.07, 6.45) is 1.48. The van der Waals surface area contributed by atoms with Crippen molar-refractivity contribution in [3.05, 3.63) is 86.0 Å². The summed E-state index contributed by atoms with van der Waals surface area (Å²) in [5.74, 6) is 0.592. The summed E-state index contributed by atoms with van der Waals surface area (Å²) in [4.78, 5) is 42.0. The van der Waals surface area contributed by atoms with E-state index >= 15 is 0 Å². The Morgan fingerprint density at radius 3 is 2.38 bits per heavy atom. The van der Waals surface area contributed by atoms with Crippen molar-refractivity contribution in [3.8, 4) is 0 Å². The van der Waals surface area contributed by atoms with Crippen molar-refractivity contribution in [1.29, 1.82) is 0 Å². The maximum atomic E-state index is 12.8. The summed E-state index contributed by atoms with van der Waals surface area (Å²) in [7, 11) is 0. The van der Waals surface area contributed by atoms with Crippen molar-refractivity contribution in [2.75, 3.05) is 26.2 Å². The molecule has 32 heavy (non-hydrogen) atoms. The number of aryl methyl sites for hydroxylation is 2. The molecule has 1 aliphatic heterocycles. The number of carbonyl (C=O) groups is 1. The van der Waals surface area contributed by atoms with Gasteiger partial charge in [-0.15, -0.1) is 0 Å². The molecule has 1 fully saturated rings. The molecule has 1 aliphatic rings. The molecule has 0 bridgehead atoms. The van der Waals surface area contributed by atoms with E-state index in [1.807, 2.05) is 44.2 Å². The highest BCUT2D eigenvalue weighted by molar-refractivity contribution is 5.76. The predicted octanol–water partition coefficient (Wildman–Crippen LogP) is 1.01. The zero-order valence-corrected chi connectivity index (χ0v) is 18.4. The number of nitrogens with zero attached hydrogens (tertiary/aromatic N) is 5. The summed E-state index contributed by atoms with van der Waals surface area (Å²) in [6, 6.07) is 10.8. The fourth-order valence-corrected chi connectivity index (χ4v) is 3.94. The third-order valence-electron chi connectivity index (χ3n) is 5.92. The van der Waals surface area contributed by atoms with Crippen LogP contribution in [-0.2, 0) is 24.4 Å². The Labute approximate surface area is 185 Å². The maximum absolute atomic E-state index is 12.8. The van der Waals surface area contributed by atoms with Crippen LogP contribution in [0.3, 0.4) is 0 Å². The highest BCUT2D eigenvalue weighted by Gasteiger charge is 2.24. The molecule has 0 unspecified atom stereocenters. The average Bonchev–Trinajstić information content (AvgIpc) is 3.11. The molecule has 9 nitrogen and oxygen atoms in total. The third-order valence-corrected chi connectivity index (χ3v) is 5.92. The van der Waals surface area contributed by atoms with Crippen LogP contribution in [0.15, 0.2) is 56.7 Å². The molecule has 0 radical (unpaired) electrons. The minimum absolute atomic E-state index is 0.223. The second-order valence-electron chi connectivity index (χ2n) is 8.10. The van der Waals surface area contributed by atoms with Crippen LogP contribution in [0, 0.1) is 13.8 Å². The van der Waals surface area contributed by atoms with Crippen molar-refractivity contribution in [3.63, 3.8) is 0 Å². The second-order valence-corrected chi connectivity index (χ2v) is 8.10. The van der Waals surface area contributed by atoms with E-state index < -0.39 is 11.2 Å². The zero-order valence-electron chi connectivity index (χ0n) is 18.4. The molecule has 168 valence electrons. The van der Waals surface area contributed by atoms with Crippen molar-refractivity contribution in [2.24, 2.45) is 0 Å². The molecule has 9 heteroatoms. The van der Waals surface area contributed by atoms with E-state index in [1.165, 1.54) is 16.8 Å². The predicted molar refractivity (Wildman–Crippen MR) is 118 cm³/mol. The highest BCUT2D eigenvalue weighted by Crippen LogP contribution is 2.16. The van der Waals surface area contributed by atoms with Crippen LogP contribution in [0.1, 0.15) is 22.6 Å². The van der Waals surface area contributed by atoms with Crippen LogP contribution in [0.25, 0.3) is 0 Å². The number of hydrogen-bond acceptors (Lipinski definition) is 6. The van der Waals surface area contributed by atoms with Crippen molar-refractivity contribution < 1.29 is 9.32 Å². The molecule has 0 spiro atoms. The first-order valence-electron chi connectivity index (χ1n) is 10.7. The van der Waals surface area contributed by atoms with Gasteiger partial charge in [0.25, 0.3) is 5.56 Å². The fourth-order valence-electron chi connectivity index (χ4n) is 3.94. The van der Waals surface area contributed by atoms with Crippen molar-refractivity contribution in [1.82, 2.24) is 24.1 Å². The fraction of sp³-hybridized carbons (Fsp3) is 0.391. The number of carbonyl (C=O) groups excluding carboxylic acids is 1. The lowest BCUT2D eigenvalue weighted by Crippen LogP contribution is -2.51. The maximum Gasteiger partial charge on any atom is 0.331 e. The zero-order chi connectivity index (χ0) is 22.7. The van der Waals surface area contributed by atoms with Gasteiger partial charge in [0.15, 0.2) is 0 Å². The topological polar surface area (TPSA) is 93.6 Å². The first-order valence-corrected chi connectivity index (χ1v) is 10.7. The first kappa shape index (κ1) is 21.8. The quantitative estimate of drug-likeness (QED) is 0.571. The lowest BCUT2D eigenvalue weighted by molar-refractivity contribution is -0.133. The summed E-state index contributed by atoms with van der Waals surface area (Å²) in [5, 5.41) is 3.99. The first-order chi connectivity index (χ1) is 15.4. The van der Waals surface area contributed by atoms with Gasteiger partial charge in [0.05, 0.1) is 12.2 Å². The molecular formula is C23H27N5O4. The minimum atomic E-state index is -0.480. The van der Waals surface area contributed by atoms with Gasteiger partial charge in [-0.25, -0.2) is 4.79 Å². The molecule has 0 aliphatic carbocycles. The second kappa shape index (κ2) is 9.35. The number of piperazine rings is 1. The van der Waals surface area contributed by atoms with Crippen LogP contribution in [0.4, 0.5) is 0 Å². The lowest BCUT2D eigenvalue weighted by Gasteiger charge is -2.34. The van der Waals surface area contributed by atoms with E-state index in [1.54, 1.807) is 4.90 Å². The van der Waals surface area contributed by atoms with Crippen LogP contribution in [0.5, 0.6) is 0 Å². The molecule has 2 aromatic heterocycles. The Morgan fingerprint density at radius 1 is 1.00 bits per heavy atom. The lowest BCUT2D eigenvalue weighted by atomic mass is 10.2. The van der Waals surface area contributed by atoms with Gasteiger partial charge < -0.3 is 9.42 Å². The van der Waals surface area contributed by atoms with Gasteiger partial charge in [0, 0.05) is 50.6 Å². The molecular weight excluding hydrogens is 410 g/mol. The van der Waals surface area contributed by atoms with E-state index in [-0.39, 0.29) is 12.5 Å². The normalized spacial score (nSPS) is 14.6. The molecule has 3 heterocycles. The largest absolute Gasteiger partial charge is 0.361 e. The van der Waals surface area contributed by atoms with E-state index in [0.717, 1.165) is 33.7 Å². The van der Waals surface area contributed by atoms with Gasteiger partial charge in [-0.1, -0.05) is 35.5 Å². The summed E-state index contributed by atoms with van der Waals surface area (Å²) in [5.41, 5.74) is 1.97. The smallest absolute Gasteiger partial charge is 0.331 e. The number of hydrogen-bond donors (Lipinski definition) is 0. The molecule has 4 rings (SSSR count). The Balaban J connectivity index is 1.39. The Morgan fingerprint density at radius 2 is 1.72 bits per heavy atom. The van der Waals surface area contributed by atoms with Gasteiger partial charge in [0.2, 0.25) is 5.91 Å². The van der Waals surface area contributed by atoms with Gasteiger partial charge in [0.1, 0.15) is 12.3 Å². The van der Waals surface area contributed by atoms with Crippen LogP contribution in [0.2, 0.25) is 0 Å². The van der Waals surface area contributed by atoms with Crippen molar-refractivity contribution >= 4 is 5.91 Å². The Kier molecular flexibility index (Phi) is 6.36. The van der Waals surface area contributed by atoms with Crippen LogP contribution >= 0.6 is 0 Å². The van der Waals surface area contributed by atoms with Crippen LogP contribution in [-0.4, -0.2) is 56.2 Å². The molecule has 1 amide bonds. The van der Waals surface area contributed by atoms with Gasteiger partial charge >= 0.3 is 5.69 Å². The van der Waals surface area contributed by atoms with E-state index in [0.29, 0.717) is 32.7 Å². The summed E-state index contributed by atoms with van der Waals surface area (Å²) in [6.45, 7) is 7.14. The van der Waals surface area contributed by atoms with Gasteiger partial charge in [-0.3, -0.25) is 23.6 Å². The molecule has 1 aromatic carbocycles. The number of aromatic nitrogens is 3. The van der Waals surface area contributed by atoms with Gasteiger partial charge in [-0.05, 0) is 19.4 Å². The number of rotatable bonds is 6. The number of benzene rings is 1. The molecule has 0 N–H and O–H groups in total. The minimum Gasteiger partial charge on any atom is -0.361 e. The average molecular weight is 438 g/mol. The molecule has 3 aromatic rings. The number of amides is 1. The van der Waals surface area contributed by atoms with E-state index in [9.17, 15) is 14.4 Å². The highest BCUT2D eigenvalue weighted by atomic mass is 16.5. The Hall–Kier alpha value is -3.46. The SMILES string of the molecule is Cc1noc(C)c1CN1CCN(C(=O)Cn2c(=O)ccn(Cc3ccccc3)c2=O)CC1. The molecule has 0 atom stereocenters. The molecule has 0 saturated carbocycles. The summed E-state index contributed by atoms with van der Waals surface area (Å²) < 4.78 is 7.69. The monoisotopic (exact) mass is 437 g/mol. The summed E-state index contributed by atoms with van der Waals surface area (Å²) >= 11 is 0. The van der Waals surface area contributed by atoms with Crippen molar-refractivity contribution in [2.45, 2.75) is 33.5 Å². The van der Waals surface area contributed by atoms with Gasteiger partial charge in [-0.2, -0.15) is 0 Å². The van der Waals surface area contributed by atoms with Crippen LogP contribution < -0.4 is 11.2 Å². The third kappa shape index (κ3) is 4.72. The van der Waals surface area contributed by atoms with E-state index in [4.69, 9.17) is 4.52 Å².